The number of carbonyl (C=O) groups excluding carboxylic acids is 3. The van der Waals surface area contributed by atoms with Gasteiger partial charge in [-0.1, -0.05) is 57.4 Å². The highest BCUT2D eigenvalue weighted by molar-refractivity contribution is 5.99. The zero-order valence-electron chi connectivity index (χ0n) is 41.7. The average Bonchev–Trinajstić information content (AvgIpc) is 3.33. The summed E-state index contributed by atoms with van der Waals surface area (Å²) in [5, 5.41) is 9.39. The normalized spacial score (nSPS) is 10.9. The zero-order valence-corrected chi connectivity index (χ0v) is 41.7. The number of benzene rings is 4. The Bertz CT molecular complexity index is 2610. The van der Waals surface area contributed by atoms with E-state index >= 15 is 0 Å². The maximum atomic E-state index is 12.8. The fraction of sp³-hybridized carbons (Fsp3) is 0.333. The Morgan fingerprint density at radius 3 is 1.23 bits per heavy atom. The van der Waals surface area contributed by atoms with Gasteiger partial charge in [0, 0.05) is 46.6 Å². The van der Waals surface area contributed by atoms with E-state index in [0.717, 1.165) is 65.1 Å². The molecular weight excluding hydrogens is 871 g/mol. The van der Waals surface area contributed by atoms with Gasteiger partial charge in [-0.25, -0.2) is 14.4 Å². The number of carbonyl (C=O) groups is 4. The Morgan fingerprint density at radius 1 is 0.522 bits per heavy atom. The fourth-order valence-corrected chi connectivity index (χ4v) is 6.73. The second-order valence-electron chi connectivity index (χ2n) is 18.2. The van der Waals surface area contributed by atoms with Crippen LogP contribution in [0.2, 0.25) is 0 Å². The minimum atomic E-state index is -1.06. The number of Topliss-reactive ketones (excluding diaryl/α,β-unsaturated/α-hetero) is 1. The Balaban J connectivity index is 0.000000275. The minimum Gasteiger partial charge on any atom is -0.497 e. The molecular formula is C57H67N3O9. The second-order valence-corrected chi connectivity index (χ2v) is 18.2. The van der Waals surface area contributed by atoms with Crippen molar-refractivity contribution in [3.05, 3.63) is 144 Å². The van der Waals surface area contributed by atoms with E-state index in [4.69, 9.17) is 24.7 Å². The molecule has 6 aromatic rings. The molecule has 0 bridgehead atoms. The van der Waals surface area contributed by atoms with Crippen LogP contribution in [0.1, 0.15) is 135 Å². The molecule has 4 aromatic carbocycles. The van der Waals surface area contributed by atoms with Crippen LogP contribution in [-0.4, -0.2) is 70.7 Å². The van der Waals surface area contributed by atoms with Crippen LogP contribution in [-0.2, 0) is 9.47 Å². The van der Waals surface area contributed by atoms with Gasteiger partial charge in [0.1, 0.15) is 22.7 Å². The summed E-state index contributed by atoms with van der Waals surface area (Å²) >= 11 is 0. The van der Waals surface area contributed by atoms with Crippen molar-refractivity contribution in [2.24, 2.45) is 5.73 Å². The SMILES string of the molecule is CCCCCC(=O)c1cnc(-c2ccc(OC)cc2)c(-c2ccc(C(=O)OC(C)(C)C)cc2)c1.CCCCN.COc1ccc(-c2ncc(C(=O)O)cc2-c2ccc(C(=O)OC(C)(C)C)cc2)cc1. The first kappa shape index (κ1) is 54.4. The first-order chi connectivity index (χ1) is 32.8. The highest BCUT2D eigenvalue weighted by Gasteiger charge is 2.21. The number of unbranched alkanes of at least 4 members (excludes halogenated alkanes) is 3. The van der Waals surface area contributed by atoms with Crippen LogP contribution >= 0.6 is 0 Å². The first-order valence-electron chi connectivity index (χ1n) is 23.2. The van der Waals surface area contributed by atoms with Gasteiger partial charge in [-0.05, 0) is 157 Å². The van der Waals surface area contributed by atoms with Crippen molar-refractivity contribution in [2.45, 2.75) is 105 Å². The molecule has 0 unspecified atom stereocenters. The molecule has 6 rings (SSSR count). The van der Waals surface area contributed by atoms with E-state index < -0.39 is 23.1 Å². The molecule has 0 amide bonds. The third-order valence-electron chi connectivity index (χ3n) is 10.3. The van der Waals surface area contributed by atoms with E-state index in [1.54, 1.807) is 62.9 Å². The van der Waals surface area contributed by atoms with Gasteiger partial charge < -0.3 is 29.8 Å². The molecule has 364 valence electrons. The number of methoxy groups -OCH3 is 2. The average molecular weight is 938 g/mol. The molecule has 0 saturated carbocycles. The van der Waals surface area contributed by atoms with Crippen molar-refractivity contribution in [3.8, 4) is 56.3 Å². The number of esters is 2. The number of ketones is 1. The lowest BCUT2D eigenvalue weighted by atomic mass is 9.95. The lowest BCUT2D eigenvalue weighted by Crippen LogP contribution is -2.23. The van der Waals surface area contributed by atoms with Crippen LogP contribution < -0.4 is 15.2 Å². The topological polar surface area (TPSA) is 177 Å². The summed E-state index contributed by atoms with van der Waals surface area (Å²) in [4.78, 5) is 58.1. The van der Waals surface area contributed by atoms with Crippen molar-refractivity contribution in [2.75, 3.05) is 20.8 Å². The van der Waals surface area contributed by atoms with Crippen LogP contribution in [0, 0.1) is 0 Å². The largest absolute Gasteiger partial charge is 0.497 e. The van der Waals surface area contributed by atoms with E-state index in [9.17, 15) is 24.3 Å². The number of nitrogens with zero attached hydrogens (tertiary/aromatic N) is 2. The van der Waals surface area contributed by atoms with Gasteiger partial charge in [-0.3, -0.25) is 14.8 Å². The van der Waals surface area contributed by atoms with Crippen LogP contribution in [0.15, 0.2) is 122 Å². The standard InChI is InChI=1S/C29H33NO4.C24H23NO5.C4H11N/c1-6-7-8-9-26(31)23-18-25(27(30-19-23)21-14-16-24(33-5)17-15-21)20-10-12-22(13-11-20)28(32)34-29(2,3)4;1-24(2,3)30-23(28)17-7-5-15(6-8-17)20-13-18(22(26)27)14-25-21(20)16-9-11-19(29-4)12-10-16;1-2-3-4-5/h10-19H,6-9H2,1-5H3;5-14H,1-4H3,(H,26,27);2-5H2,1H3. The summed E-state index contributed by atoms with van der Waals surface area (Å²) in [6.45, 7) is 16.0. The number of carboxylic acids is 1. The molecule has 12 nitrogen and oxygen atoms in total. The number of aromatic nitrogens is 2. The maximum Gasteiger partial charge on any atom is 0.338 e. The van der Waals surface area contributed by atoms with Gasteiger partial charge in [0.15, 0.2) is 5.78 Å². The number of carboxylic acid groups (broad SMARTS) is 1. The number of rotatable bonds is 16. The Labute approximate surface area is 407 Å². The van der Waals surface area contributed by atoms with Gasteiger partial charge in [-0.2, -0.15) is 0 Å². The molecule has 0 aliphatic heterocycles. The van der Waals surface area contributed by atoms with Crippen molar-refractivity contribution >= 4 is 23.7 Å². The molecule has 0 radical (unpaired) electrons. The van der Waals surface area contributed by atoms with Crippen molar-refractivity contribution in [1.29, 1.82) is 0 Å². The molecule has 3 N–H and O–H groups in total. The monoisotopic (exact) mass is 937 g/mol. The molecule has 2 aromatic heterocycles. The summed E-state index contributed by atoms with van der Waals surface area (Å²) < 4.78 is 21.3. The Hall–Kier alpha value is -7.18. The van der Waals surface area contributed by atoms with Crippen molar-refractivity contribution in [3.63, 3.8) is 0 Å². The molecule has 12 heteroatoms. The van der Waals surface area contributed by atoms with Crippen LogP contribution in [0.3, 0.4) is 0 Å². The lowest BCUT2D eigenvalue weighted by molar-refractivity contribution is 0.00570. The predicted octanol–water partition coefficient (Wildman–Crippen LogP) is 13.0. The van der Waals surface area contributed by atoms with E-state index in [2.05, 4.69) is 23.8 Å². The Morgan fingerprint density at radius 2 is 0.899 bits per heavy atom. The molecule has 0 spiro atoms. The number of hydrogen-bond acceptors (Lipinski definition) is 11. The maximum absolute atomic E-state index is 12.8. The smallest absolute Gasteiger partial charge is 0.338 e. The fourth-order valence-electron chi connectivity index (χ4n) is 6.73. The number of ether oxygens (including phenoxy) is 4. The van der Waals surface area contributed by atoms with E-state index in [0.29, 0.717) is 40.1 Å². The van der Waals surface area contributed by atoms with Gasteiger partial charge in [0.25, 0.3) is 0 Å². The number of aromatic carboxylic acids is 1. The third-order valence-corrected chi connectivity index (χ3v) is 10.3. The molecule has 0 saturated heterocycles. The van der Waals surface area contributed by atoms with Crippen LogP contribution in [0.4, 0.5) is 0 Å². The molecule has 0 atom stereocenters. The molecule has 0 fully saturated rings. The van der Waals surface area contributed by atoms with E-state index in [1.165, 1.54) is 19.0 Å². The summed E-state index contributed by atoms with van der Waals surface area (Å²) in [5.74, 6) is -0.280. The summed E-state index contributed by atoms with van der Waals surface area (Å²) in [6, 6.07) is 32.6. The minimum absolute atomic E-state index is 0.0819. The van der Waals surface area contributed by atoms with Crippen LogP contribution in [0.25, 0.3) is 44.8 Å². The van der Waals surface area contributed by atoms with Gasteiger partial charge in [0.2, 0.25) is 0 Å². The molecule has 0 aliphatic carbocycles. The zero-order chi connectivity index (χ0) is 50.7. The van der Waals surface area contributed by atoms with E-state index in [-0.39, 0.29) is 17.3 Å². The molecule has 69 heavy (non-hydrogen) atoms. The Kier molecular flexibility index (Phi) is 20.4. The quantitative estimate of drug-likeness (QED) is 0.0534. The highest BCUT2D eigenvalue weighted by atomic mass is 16.6. The second kappa shape index (κ2) is 25.8. The summed E-state index contributed by atoms with van der Waals surface area (Å²) in [5.41, 5.74) is 11.8. The van der Waals surface area contributed by atoms with Gasteiger partial charge >= 0.3 is 17.9 Å². The third kappa shape index (κ3) is 16.8. The number of hydrogen-bond donors (Lipinski definition) is 2. The van der Waals surface area contributed by atoms with Gasteiger partial charge in [-0.15, -0.1) is 0 Å². The molecule has 2 heterocycles. The van der Waals surface area contributed by atoms with Gasteiger partial charge in [0.05, 0.1) is 42.3 Å². The summed E-state index contributed by atoms with van der Waals surface area (Å²) in [7, 11) is 3.22. The van der Waals surface area contributed by atoms with E-state index in [1.807, 2.05) is 108 Å². The predicted molar refractivity (Wildman–Crippen MR) is 273 cm³/mol. The van der Waals surface area contributed by atoms with Crippen molar-refractivity contribution in [1.82, 2.24) is 9.97 Å². The first-order valence-corrected chi connectivity index (χ1v) is 23.2. The lowest BCUT2D eigenvalue weighted by Gasteiger charge is -2.19. The van der Waals surface area contributed by atoms with Crippen LogP contribution in [0.5, 0.6) is 11.5 Å². The summed E-state index contributed by atoms with van der Waals surface area (Å²) in [6.07, 6.45) is 8.85. The molecule has 0 aliphatic rings. The highest BCUT2D eigenvalue weighted by Crippen LogP contribution is 2.34. The number of nitrogens with two attached hydrogens (primary N) is 1. The number of pyridine rings is 2. The van der Waals surface area contributed by atoms with Crippen molar-refractivity contribution < 1.29 is 43.2 Å².